The fourth-order valence-electron chi connectivity index (χ4n) is 3.36. The van der Waals surface area contributed by atoms with Crippen molar-refractivity contribution >= 4 is 34.5 Å². The number of halogens is 1. The summed E-state index contributed by atoms with van der Waals surface area (Å²) in [7, 11) is 0. The Morgan fingerprint density at radius 3 is 2.96 bits per heavy atom. The zero-order chi connectivity index (χ0) is 18.3. The predicted octanol–water partition coefficient (Wildman–Crippen LogP) is 3.26. The maximum absolute atomic E-state index is 13.4. The van der Waals surface area contributed by atoms with E-state index in [4.69, 9.17) is 0 Å². The van der Waals surface area contributed by atoms with Gasteiger partial charge < -0.3 is 9.88 Å². The van der Waals surface area contributed by atoms with E-state index in [0.29, 0.717) is 23.7 Å². The molecule has 1 atom stereocenters. The van der Waals surface area contributed by atoms with Gasteiger partial charge >= 0.3 is 0 Å². The highest BCUT2D eigenvalue weighted by atomic mass is 19.1. The Morgan fingerprint density at radius 1 is 1.35 bits per heavy atom. The average Bonchev–Trinajstić information content (AvgIpc) is 2.97. The number of fused-ring (bicyclic) bond motifs is 2. The Bertz CT molecular complexity index is 1030. The Balaban J connectivity index is 1.68. The Morgan fingerprint density at radius 2 is 2.15 bits per heavy atom. The molecule has 0 spiro atoms. The van der Waals surface area contributed by atoms with Gasteiger partial charge in [0.2, 0.25) is 17.8 Å². The van der Waals surface area contributed by atoms with Crippen molar-refractivity contribution in [2.45, 2.75) is 25.8 Å². The van der Waals surface area contributed by atoms with Gasteiger partial charge in [0.1, 0.15) is 5.82 Å². The van der Waals surface area contributed by atoms with Crippen LogP contribution in [0.5, 0.6) is 0 Å². The van der Waals surface area contributed by atoms with Crippen molar-refractivity contribution in [2.75, 3.05) is 10.6 Å². The third kappa shape index (κ3) is 2.71. The molecular formula is C19H17FN4O2. The summed E-state index contributed by atoms with van der Waals surface area (Å²) in [4.78, 5) is 29.3. The lowest BCUT2D eigenvalue weighted by atomic mass is 9.90. The highest BCUT2D eigenvalue weighted by Crippen LogP contribution is 2.33. The maximum Gasteiger partial charge on any atom is 0.234 e. The molecule has 0 saturated heterocycles. The molecule has 2 N–H and O–H groups in total. The quantitative estimate of drug-likeness (QED) is 0.760. The minimum Gasteiger partial charge on any atom is -0.326 e. The van der Waals surface area contributed by atoms with Crippen LogP contribution in [0.4, 0.5) is 16.0 Å². The molecule has 0 bridgehead atoms. The number of carbonyl (C=O) groups excluding carboxylic acids is 2. The number of para-hydroxylation sites is 2. The lowest BCUT2D eigenvalue weighted by Gasteiger charge is -2.24. The number of anilines is 2. The second-order valence-electron chi connectivity index (χ2n) is 6.19. The van der Waals surface area contributed by atoms with Crippen molar-refractivity contribution in [3.05, 3.63) is 53.8 Å². The number of aromatic nitrogens is 2. The van der Waals surface area contributed by atoms with Crippen molar-refractivity contribution in [3.63, 3.8) is 0 Å². The summed E-state index contributed by atoms with van der Waals surface area (Å²) in [6, 6.07) is 11.7. The Kier molecular flexibility index (Phi) is 3.91. The van der Waals surface area contributed by atoms with E-state index in [9.17, 15) is 14.0 Å². The highest BCUT2D eigenvalue weighted by molar-refractivity contribution is 6.05. The van der Waals surface area contributed by atoms with Crippen LogP contribution in [0.2, 0.25) is 0 Å². The minimum atomic E-state index is -0.690. The van der Waals surface area contributed by atoms with E-state index in [1.165, 1.54) is 18.2 Å². The molecular weight excluding hydrogens is 335 g/mol. The van der Waals surface area contributed by atoms with Crippen molar-refractivity contribution in [1.82, 2.24) is 9.55 Å². The molecule has 1 aromatic heterocycles. The number of hydrogen-bond acceptors (Lipinski definition) is 3. The molecule has 26 heavy (non-hydrogen) atoms. The van der Waals surface area contributed by atoms with Crippen LogP contribution in [0.3, 0.4) is 0 Å². The number of imidazole rings is 1. The molecule has 1 aliphatic heterocycles. The molecule has 0 aliphatic carbocycles. The standard InChI is InChI=1S/C19H17FN4O2/c1-2-24-16-6-4-3-5-14(16)22-19(24)23-18(26)13-10-17(25)21-15-9-11(20)7-8-12(13)15/h3-9,13H,2,10H2,1H3,(H,21,25)(H,22,23,26)/t13-/m0/s1. The molecule has 7 heteroatoms. The van der Waals surface area contributed by atoms with E-state index < -0.39 is 11.7 Å². The van der Waals surface area contributed by atoms with Gasteiger partial charge in [-0.25, -0.2) is 9.37 Å². The van der Waals surface area contributed by atoms with E-state index in [1.54, 1.807) is 0 Å². The number of aryl methyl sites for hydroxylation is 1. The van der Waals surface area contributed by atoms with Gasteiger partial charge in [0.15, 0.2) is 0 Å². The number of amides is 2. The molecule has 0 fully saturated rings. The van der Waals surface area contributed by atoms with Gasteiger partial charge in [-0.05, 0) is 36.8 Å². The average molecular weight is 352 g/mol. The van der Waals surface area contributed by atoms with E-state index in [2.05, 4.69) is 15.6 Å². The third-order valence-electron chi connectivity index (χ3n) is 4.58. The zero-order valence-corrected chi connectivity index (χ0v) is 14.1. The maximum atomic E-state index is 13.4. The van der Waals surface area contributed by atoms with Crippen LogP contribution in [0, 0.1) is 5.82 Å². The van der Waals surface area contributed by atoms with Gasteiger partial charge in [0.25, 0.3) is 0 Å². The first kappa shape index (κ1) is 16.3. The molecule has 1 aliphatic rings. The number of nitrogens with zero attached hydrogens (tertiary/aromatic N) is 2. The van der Waals surface area contributed by atoms with Crippen LogP contribution < -0.4 is 10.6 Å². The van der Waals surface area contributed by atoms with Gasteiger partial charge in [-0.1, -0.05) is 18.2 Å². The van der Waals surface area contributed by atoms with Gasteiger partial charge in [-0.3, -0.25) is 14.9 Å². The van der Waals surface area contributed by atoms with Crippen LogP contribution in [-0.4, -0.2) is 21.4 Å². The summed E-state index contributed by atoms with van der Waals surface area (Å²) in [6.07, 6.45) is 0.0107. The van der Waals surface area contributed by atoms with Crippen molar-refractivity contribution < 1.29 is 14.0 Å². The number of carbonyl (C=O) groups is 2. The summed E-state index contributed by atoms with van der Waals surface area (Å²) in [6.45, 7) is 2.61. The van der Waals surface area contributed by atoms with Gasteiger partial charge in [0, 0.05) is 18.7 Å². The first-order valence-electron chi connectivity index (χ1n) is 8.42. The summed E-state index contributed by atoms with van der Waals surface area (Å²) in [5, 5.41) is 5.45. The van der Waals surface area contributed by atoms with Crippen LogP contribution >= 0.6 is 0 Å². The van der Waals surface area contributed by atoms with Crippen molar-refractivity contribution in [2.24, 2.45) is 0 Å². The second-order valence-corrected chi connectivity index (χ2v) is 6.19. The number of nitrogens with one attached hydrogen (secondary N) is 2. The third-order valence-corrected chi connectivity index (χ3v) is 4.58. The highest BCUT2D eigenvalue weighted by Gasteiger charge is 2.31. The molecule has 0 unspecified atom stereocenters. The van der Waals surface area contributed by atoms with E-state index >= 15 is 0 Å². The molecule has 4 rings (SSSR count). The Hall–Kier alpha value is -3.22. The first-order valence-corrected chi connectivity index (χ1v) is 8.42. The summed E-state index contributed by atoms with van der Waals surface area (Å²) < 4.78 is 15.4. The molecule has 6 nitrogen and oxygen atoms in total. The molecule has 2 aromatic carbocycles. The summed E-state index contributed by atoms with van der Waals surface area (Å²) in [5.41, 5.74) is 2.65. The number of benzene rings is 2. The molecule has 0 radical (unpaired) electrons. The van der Waals surface area contributed by atoms with Crippen LogP contribution in [-0.2, 0) is 16.1 Å². The smallest absolute Gasteiger partial charge is 0.234 e. The van der Waals surface area contributed by atoms with Crippen LogP contribution in [0.25, 0.3) is 11.0 Å². The minimum absolute atomic E-state index is 0.0107. The van der Waals surface area contributed by atoms with E-state index in [-0.39, 0.29) is 18.2 Å². The Labute approximate surface area is 149 Å². The molecule has 3 aromatic rings. The predicted molar refractivity (Wildman–Crippen MR) is 96.4 cm³/mol. The zero-order valence-electron chi connectivity index (χ0n) is 14.1. The van der Waals surface area contributed by atoms with Gasteiger partial charge in [-0.15, -0.1) is 0 Å². The largest absolute Gasteiger partial charge is 0.326 e. The topological polar surface area (TPSA) is 76.0 Å². The van der Waals surface area contributed by atoms with Gasteiger partial charge in [0.05, 0.1) is 17.0 Å². The van der Waals surface area contributed by atoms with E-state index in [0.717, 1.165) is 11.0 Å². The number of hydrogen-bond donors (Lipinski definition) is 2. The molecule has 0 saturated carbocycles. The van der Waals surface area contributed by atoms with Crippen molar-refractivity contribution in [1.29, 1.82) is 0 Å². The molecule has 2 amide bonds. The summed E-state index contributed by atoms with van der Waals surface area (Å²) >= 11 is 0. The lowest BCUT2D eigenvalue weighted by molar-refractivity contribution is -0.123. The van der Waals surface area contributed by atoms with E-state index in [1.807, 2.05) is 35.8 Å². The molecule has 2 heterocycles. The molecule has 132 valence electrons. The SMILES string of the molecule is CCn1c(NC(=O)[C@H]2CC(=O)Nc3cc(F)ccc32)nc2ccccc21. The lowest BCUT2D eigenvalue weighted by Crippen LogP contribution is -2.31. The second kappa shape index (κ2) is 6.25. The first-order chi connectivity index (χ1) is 12.6. The number of rotatable bonds is 3. The fraction of sp³-hybridized carbons (Fsp3) is 0.211. The normalized spacial score (nSPS) is 16.2. The monoisotopic (exact) mass is 352 g/mol. The summed E-state index contributed by atoms with van der Waals surface area (Å²) in [5.74, 6) is -1.36. The van der Waals surface area contributed by atoms with Crippen molar-refractivity contribution in [3.8, 4) is 0 Å². The van der Waals surface area contributed by atoms with Crippen LogP contribution in [0.1, 0.15) is 24.8 Å². The van der Waals surface area contributed by atoms with Crippen LogP contribution in [0.15, 0.2) is 42.5 Å². The fourth-order valence-corrected chi connectivity index (χ4v) is 3.36. The van der Waals surface area contributed by atoms with Gasteiger partial charge in [-0.2, -0.15) is 0 Å².